The first-order chi connectivity index (χ1) is 12.0. The third-order valence-electron chi connectivity index (χ3n) is 4.11. The van der Waals surface area contributed by atoms with Gasteiger partial charge in [-0.1, -0.05) is 18.5 Å². The smallest absolute Gasteiger partial charge is 0.229 e. The molecule has 1 N–H and O–H groups in total. The number of morpholine rings is 1. The van der Waals surface area contributed by atoms with E-state index in [1.54, 1.807) is 12.3 Å². The van der Waals surface area contributed by atoms with Gasteiger partial charge in [-0.25, -0.2) is 9.37 Å². The number of nitrogens with one attached hydrogen (secondary N) is 1. The fourth-order valence-electron chi connectivity index (χ4n) is 2.76. The molecule has 2 heterocycles. The molecule has 3 rings (SSSR count). The molecule has 0 saturated carbocycles. The maximum Gasteiger partial charge on any atom is 0.229 e. The van der Waals surface area contributed by atoms with Crippen molar-refractivity contribution in [3.63, 3.8) is 0 Å². The minimum atomic E-state index is -0.460. The lowest BCUT2D eigenvalue weighted by molar-refractivity contribution is 0.0295. The summed E-state index contributed by atoms with van der Waals surface area (Å²) in [5.41, 5.74) is 0.627. The minimum Gasteiger partial charge on any atom is -0.375 e. The van der Waals surface area contributed by atoms with Gasteiger partial charge in [0.1, 0.15) is 11.6 Å². The molecule has 2 aromatic rings. The number of halogens is 3. The standard InChI is InChI=1S/C17H19BrClFN4O/c1-3-12-9-25-10(2)8-24(12)16-13(18)7-21-17(23-16)22-11-4-5-15(20)14(19)6-11/h4-7,10,12H,3,8-9H2,1-2H3,(H,21,22,23). The first kappa shape index (κ1) is 18.4. The Labute approximate surface area is 159 Å². The van der Waals surface area contributed by atoms with Crippen LogP contribution < -0.4 is 10.2 Å². The third kappa shape index (κ3) is 4.22. The Balaban J connectivity index is 1.88. The molecule has 5 nitrogen and oxygen atoms in total. The number of nitrogens with zero attached hydrogens (tertiary/aromatic N) is 3. The number of aromatic nitrogens is 2. The second-order valence-corrected chi connectivity index (χ2v) is 7.24. The van der Waals surface area contributed by atoms with Gasteiger partial charge in [0.15, 0.2) is 0 Å². The van der Waals surface area contributed by atoms with E-state index in [4.69, 9.17) is 16.3 Å². The highest BCUT2D eigenvalue weighted by Gasteiger charge is 2.28. The van der Waals surface area contributed by atoms with E-state index in [0.717, 1.165) is 23.3 Å². The molecule has 1 aliphatic rings. The number of anilines is 3. The average molecular weight is 430 g/mol. The predicted octanol–water partition coefficient (Wildman–Crippen LogP) is 4.78. The van der Waals surface area contributed by atoms with Crippen molar-refractivity contribution in [2.24, 2.45) is 0 Å². The molecule has 0 radical (unpaired) electrons. The number of rotatable bonds is 4. The number of hydrogen-bond acceptors (Lipinski definition) is 5. The molecule has 0 aliphatic carbocycles. The van der Waals surface area contributed by atoms with Crippen LogP contribution >= 0.6 is 27.5 Å². The van der Waals surface area contributed by atoms with Crippen molar-refractivity contribution in [3.8, 4) is 0 Å². The van der Waals surface area contributed by atoms with Gasteiger partial charge in [0.25, 0.3) is 0 Å². The SMILES string of the molecule is CCC1COC(C)CN1c1nc(Nc2ccc(F)c(Cl)c2)ncc1Br. The van der Waals surface area contributed by atoms with Crippen molar-refractivity contribution in [2.45, 2.75) is 32.4 Å². The molecule has 8 heteroatoms. The van der Waals surface area contributed by atoms with E-state index >= 15 is 0 Å². The maximum atomic E-state index is 13.3. The zero-order valence-electron chi connectivity index (χ0n) is 14.0. The summed E-state index contributed by atoms with van der Waals surface area (Å²) >= 11 is 9.37. The van der Waals surface area contributed by atoms with Crippen LogP contribution in [0.5, 0.6) is 0 Å². The van der Waals surface area contributed by atoms with Gasteiger partial charge >= 0.3 is 0 Å². The Morgan fingerprint density at radius 2 is 2.28 bits per heavy atom. The fourth-order valence-corrected chi connectivity index (χ4v) is 3.36. The molecule has 134 valence electrons. The third-order valence-corrected chi connectivity index (χ3v) is 4.96. The van der Waals surface area contributed by atoms with Crippen LogP contribution in [-0.4, -0.2) is 35.3 Å². The fraction of sp³-hybridized carbons (Fsp3) is 0.412. The minimum absolute atomic E-state index is 0.0513. The summed E-state index contributed by atoms with van der Waals surface area (Å²) in [6.07, 6.45) is 2.80. The van der Waals surface area contributed by atoms with Gasteiger partial charge in [-0.3, -0.25) is 0 Å². The second kappa shape index (κ2) is 7.85. The Morgan fingerprint density at radius 1 is 1.48 bits per heavy atom. The molecule has 0 amide bonds. The van der Waals surface area contributed by atoms with Gasteiger partial charge in [0, 0.05) is 18.4 Å². The normalized spacial score (nSPS) is 20.6. The first-order valence-corrected chi connectivity index (χ1v) is 9.28. The van der Waals surface area contributed by atoms with E-state index < -0.39 is 5.82 Å². The molecule has 2 unspecified atom stereocenters. The van der Waals surface area contributed by atoms with Gasteiger partial charge in [-0.2, -0.15) is 4.98 Å². The van der Waals surface area contributed by atoms with E-state index in [9.17, 15) is 4.39 Å². The molecule has 1 aromatic heterocycles. The number of hydrogen-bond donors (Lipinski definition) is 1. The number of ether oxygens (including phenoxy) is 1. The largest absolute Gasteiger partial charge is 0.375 e. The zero-order valence-corrected chi connectivity index (χ0v) is 16.3. The predicted molar refractivity (Wildman–Crippen MR) is 101 cm³/mol. The van der Waals surface area contributed by atoms with Gasteiger partial charge in [0.2, 0.25) is 5.95 Å². The van der Waals surface area contributed by atoms with Crippen LogP contribution in [0.2, 0.25) is 5.02 Å². The Bertz CT molecular complexity index is 763. The van der Waals surface area contributed by atoms with Crippen LogP contribution in [0.3, 0.4) is 0 Å². The Kier molecular flexibility index (Phi) is 5.76. The van der Waals surface area contributed by atoms with Crippen LogP contribution in [0, 0.1) is 5.82 Å². The van der Waals surface area contributed by atoms with Crippen molar-refractivity contribution in [1.29, 1.82) is 0 Å². The van der Waals surface area contributed by atoms with Crippen LogP contribution in [0.25, 0.3) is 0 Å². The molecule has 25 heavy (non-hydrogen) atoms. The summed E-state index contributed by atoms with van der Waals surface area (Å²) in [5, 5.41) is 3.12. The first-order valence-electron chi connectivity index (χ1n) is 8.10. The van der Waals surface area contributed by atoms with E-state index in [1.165, 1.54) is 12.1 Å². The van der Waals surface area contributed by atoms with E-state index in [2.05, 4.69) is 43.0 Å². The van der Waals surface area contributed by atoms with E-state index in [0.29, 0.717) is 18.2 Å². The summed E-state index contributed by atoms with van der Waals surface area (Å²) in [6, 6.07) is 4.67. The molecular weight excluding hydrogens is 411 g/mol. The molecule has 0 spiro atoms. The second-order valence-electron chi connectivity index (χ2n) is 5.98. The van der Waals surface area contributed by atoms with Gasteiger partial charge in [-0.15, -0.1) is 0 Å². The van der Waals surface area contributed by atoms with Crippen molar-refractivity contribution in [2.75, 3.05) is 23.4 Å². The summed E-state index contributed by atoms with van der Waals surface area (Å²) in [7, 11) is 0. The van der Waals surface area contributed by atoms with Crippen LogP contribution in [0.4, 0.5) is 21.8 Å². The quantitative estimate of drug-likeness (QED) is 0.758. The summed E-state index contributed by atoms with van der Waals surface area (Å²) < 4.78 is 19.9. The maximum absolute atomic E-state index is 13.3. The topological polar surface area (TPSA) is 50.3 Å². The van der Waals surface area contributed by atoms with Crippen LogP contribution in [-0.2, 0) is 4.74 Å². The molecule has 1 fully saturated rings. The van der Waals surface area contributed by atoms with Gasteiger partial charge in [-0.05, 0) is 47.5 Å². The molecule has 1 aromatic carbocycles. The molecule has 1 aliphatic heterocycles. The van der Waals surface area contributed by atoms with E-state index in [-0.39, 0.29) is 17.2 Å². The highest BCUT2D eigenvalue weighted by Crippen LogP contribution is 2.30. The van der Waals surface area contributed by atoms with Gasteiger partial charge < -0.3 is 15.0 Å². The summed E-state index contributed by atoms with van der Waals surface area (Å²) in [5.74, 6) is 0.778. The van der Waals surface area contributed by atoms with Crippen molar-refractivity contribution in [1.82, 2.24) is 9.97 Å². The van der Waals surface area contributed by atoms with E-state index in [1.807, 2.05) is 6.92 Å². The van der Waals surface area contributed by atoms with Gasteiger partial charge in [0.05, 0.1) is 28.2 Å². The lowest BCUT2D eigenvalue weighted by Crippen LogP contribution is -2.49. The highest BCUT2D eigenvalue weighted by atomic mass is 79.9. The lowest BCUT2D eigenvalue weighted by atomic mass is 10.1. The molecular formula is C17H19BrClFN4O. The van der Waals surface area contributed by atoms with Crippen molar-refractivity contribution < 1.29 is 9.13 Å². The highest BCUT2D eigenvalue weighted by molar-refractivity contribution is 9.10. The molecule has 0 bridgehead atoms. The molecule has 1 saturated heterocycles. The van der Waals surface area contributed by atoms with Crippen LogP contribution in [0.15, 0.2) is 28.9 Å². The summed E-state index contributed by atoms with van der Waals surface area (Å²) in [4.78, 5) is 11.2. The molecule has 2 atom stereocenters. The number of benzene rings is 1. The van der Waals surface area contributed by atoms with Crippen LogP contribution in [0.1, 0.15) is 20.3 Å². The monoisotopic (exact) mass is 428 g/mol. The van der Waals surface area contributed by atoms with Crippen molar-refractivity contribution >= 4 is 45.0 Å². The Morgan fingerprint density at radius 3 is 3.00 bits per heavy atom. The summed E-state index contributed by atoms with van der Waals surface area (Å²) in [6.45, 7) is 5.61. The Hall–Kier alpha value is -1.44. The van der Waals surface area contributed by atoms with Crippen molar-refractivity contribution in [3.05, 3.63) is 39.7 Å². The average Bonchev–Trinajstić information content (AvgIpc) is 2.60. The zero-order chi connectivity index (χ0) is 18.0. The lowest BCUT2D eigenvalue weighted by Gasteiger charge is -2.39.